The molecular weight excluding hydrogens is 501 g/mol. The molecule has 11 heteroatoms. The van der Waals surface area contributed by atoms with Crippen LogP contribution in [0.2, 0.25) is 0 Å². The summed E-state index contributed by atoms with van der Waals surface area (Å²) in [6.45, 7) is 7.08. The quantitative estimate of drug-likeness (QED) is 0.474. The minimum absolute atomic E-state index is 0.00425. The van der Waals surface area contributed by atoms with E-state index in [-0.39, 0.29) is 29.9 Å². The minimum atomic E-state index is -3.88. The van der Waals surface area contributed by atoms with E-state index < -0.39 is 34.3 Å². The third kappa shape index (κ3) is 7.12. The minimum Gasteiger partial charge on any atom is -0.486 e. The van der Waals surface area contributed by atoms with Gasteiger partial charge in [-0.25, -0.2) is 12.8 Å². The molecule has 1 N–H and O–H groups in total. The van der Waals surface area contributed by atoms with Crippen LogP contribution in [0.15, 0.2) is 42.5 Å². The number of hydrogen-bond acceptors (Lipinski definition) is 6. The van der Waals surface area contributed by atoms with E-state index in [1.807, 2.05) is 13.8 Å². The van der Waals surface area contributed by atoms with E-state index in [2.05, 4.69) is 5.32 Å². The monoisotopic (exact) mass is 535 g/mol. The van der Waals surface area contributed by atoms with Crippen molar-refractivity contribution in [2.45, 2.75) is 52.7 Å². The van der Waals surface area contributed by atoms with Gasteiger partial charge in [-0.05, 0) is 57.0 Å². The average molecular weight is 536 g/mol. The summed E-state index contributed by atoms with van der Waals surface area (Å²) in [6.07, 6.45) is 0.302. The molecule has 2 amide bonds. The zero-order valence-electron chi connectivity index (χ0n) is 21.6. The Kier molecular flexibility index (Phi) is 9.36. The zero-order chi connectivity index (χ0) is 27.2. The Morgan fingerprint density at radius 2 is 1.68 bits per heavy atom. The lowest BCUT2D eigenvalue weighted by molar-refractivity contribution is -0.140. The predicted octanol–water partition coefficient (Wildman–Crippen LogP) is 3.09. The highest BCUT2D eigenvalue weighted by atomic mass is 32.2. The molecule has 3 rings (SSSR count). The van der Waals surface area contributed by atoms with Gasteiger partial charge in [-0.15, -0.1) is 0 Å². The number of halogens is 1. The molecule has 37 heavy (non-hydrogen) atoms. The summed E-state index contributed by atoms with van der Waals surface area (Å²) in [5.41, 5.74) is 0.857. The lowest BCUT2D eigenvalue weighted by Gasteiger charge is -2.33. The fraction of sp³-hybridized carbons (Fsp3) is 0.462. The van der Waals surface area contributed by atoms with Crippen molar-refractivity contribution in [3.63, 3.8) is 0 Å². The van der Waals surface area contributed by atoms with Crippen molar-refractivity contribution < 1.29 is 31.9 Å². The van der Waals surface area contributed by atoms with Crippen LogP contribution in [0, 0.1) is 5.82 Å². The molecule has 1 aliphatic rings. The normalized spacial score (nSPS) is 13.7. The number of carbonyl (C=O) groups is 2. The van der Waals surface area contributed by atoms with Crippen LogP contribution in [0.5, 0.6) is 11.5 Å². The van der Waals surface area contributed by atoms with Gasteiger partial charge in [-0.1, -0.05) is 19.1 Å². The van der Waals surface area contributed by atoms with E-state index in [0.29, 0.717) is 36.7 Å². The first-order valence-corrected chi connectivity index (χ1v) is 13.9. The fourth-order valence-corrected chi connectivity index (χ4v) is 5.05. The number of fused-ring (bicyclic) bond motifs is 1. The molecule has 0 radical (unpaired) electrons. The third-order valence-electron chi connectivity index (χ3n) is 5.88. The van der Waals surface area contributed by atoms with Gasteiger partial charge < -0.3 is 19.7 Å². The highest BCUT2D eigenvalue weighted by Crippen LogP contribution is 2.35. The molecule has 2 aromatic rings. The van der Waals surface area contributed by atoms with Crippen molar-refractivity contribution in [3.8, 4) is 11.5 Å². The number of anilines is 1. The number of carbonyl (C=O) groups excluding carboxylic acids is 2. The largest absolute Gasteiger partial charge is 0.486 e. The lowest BCUT2D eigenvalue weighted by atomic mass is 10.1. The van der Waals surface area contributed by atoms with Crippen LogP contribution in [-0.4, -0.2) is 62.7 Å². The fourth-order valence-electron chi connectivity index (χ4n) is 3.99. The number of ether oxygens (including phenoxy) is 2. The molecule has 0 aromatic heterocycles. The van der Waals surface area contributed by atoms with Gasteiger partial charge in [0.05, 0.1) is 11.4 Å². The summed E-state index contributed by atoms with van der Waals surface area (Å²) in [6, 6.07) is 9.29. The SMILES string of the molecule is CC[C@H](C(=O)NC(C)C)N(Cc1ccc(F)cc1)C(=O)CN(c1ccc2c(c1)OCCO2)S(=O)(=O)CC. The van der Waals surface area contributed by atoms with Gasteiger partial charge in [0.25, 0.3) is 0 Å². The molecule has 0 fully saturated rings. The van der Waals surface area contributed by atoms with Crippen molar-refractivity contribution in [2.24, 2.45) is 0 Å². The number of benzene rings is 2. The first-order chi connectivity index (χ1) is 17.6. The topological polar surface area (TPSA) is 105 Å². The molecule has 2 aromatic carbocycles. The van der Waals surface area contributed by atoms with E-state index in [9.17, 15) is 22.4 Å². The van der Waals surface area contributed by atoms with Crippen LogP contribution in [0.25, 0.3) is 0 Å². The highest BCUT2D eigenvalue weighted by Gasteiger charge is 2.33. The van der Waals surface area contributed by atoms with Crippen molar-refractivity contribution in [2.75, 3.05) is 29.8 Å². The molecule has 1 heterocycles. The van der Waals surface area contributed by atoms with E-state index in [4.69, 9.17) is 9.47 Å². The molecule has 202 valence electrons. The van der Waals surface area contributed by atoms with Gasteiger partial charge in [0.1, 0.15) is 31.6 Å². The van der Waals surface area contributed by atoms with Gasteiger partial charge in [0.2, 0.25) is 21.8 Å². The molecule has 1 atom stereocenters. The Morgan fingerprint density at radius 3 is 2.27 bits per heavy atom. The van der Waals surface area contributed by atoms with Crippen LogP contribution in [0.1, 0.15) is 39.7 Å². The first kappa shape index (κ1) is 28.2. The van der Waals surface area contributed by atoms with Gasteiger partial charge in [0, 0.05) is 18.7 Å². The number of nitrogens with one attached hydrogen (secondary N) is 1. The van der Waals surface area contributed by atoms with Crippen molar-refractivity contribution in [1.29, 1.82) is 0 Å². The Morgan fingerprint density at radius 1 is 1.03 bits per heavy atom. The number of amides is 2. The van der Waals surface area contributed by atoms with Gasteiger partial charge in [0.15, 0.2) is 11.5 Å². The molecule has 0 bridgehead atoms. The van der Waals surface area contributed by atoms with Crippen LogP contribution in [0.3, 0.4) is 0 Å². The summed E-state index contributed by atoms with van der Waals surface area (Å²) in [5, 5.41) is 2.83. The second kappa shape index (κ2) is 12.3. The van der Waals surface area contributed by atoms with Gasteiger partial charge in [-0.2, -0.15) is 0 Å². The number of nitrogens with zero attached hydrogens (tertiary/aromatic N) is 2. The van der Waals surface area contributed by atoms with E-state index in [1.54, 1.807) is 19.1 Å². The number of hydrogen-bond donors (Lipinski definition) is 1. The Labute approximate surface area is 217 Å². The summed E-state index contributed by atoms with van der Waals surface area (Å²) < 4.78 is 51.9. The smallest absolute Gasteiger partial charge is 0.244 e. The lowest BCUT2D eigenvalue weighted by Crippen LogP contribution is -2.53. The highest BCUT2D eigenvalue weighted by molar-refractivity contribution is 7.92. The average Bonchev–Trinajstić information content (AvgIpc) is 2.87. The maximum Gasteiger partial charge on any atom is 0.244 e. The second-order valence-electron chi connectivity index (χ2n) is 8.97. The van der Waals surface area contributed by atoms with Crippen LogP contribution < -0.4 is 19.1 Å². The third-order valence-corrected chi connectivity index (χ3v) is 7.62. The number of rotatable bonds is 11. The van der Waals surface area contributed by atoms with E-state index >= 15 is 0 Å². The van der Waals surface area contributed by atoms with Gasteiger partial charge in [-0.3, -0.25) is 13.9 Å². The predicted molar refractivity (Wildman–Crippen MR) is 139 cm³/mol. The van der Waals surface area contributed by atoms with E-state index in [1.165, 1.54) is 42.2 Å². The molecule has 9 nitrogen and oxygen atoms in total. The Hall–Kier alpha value is -3.34. The Bertz CT molecular complexity index is 1200. The summed E-state index contributed by atoms with van der Waals surface area (Å²) in [4.78, 5) is 28.1. The van der Waals surface area contributed by atoms with E-state index in [0.717, 1.165) is 4.31 Å². The molecule has 0 spiro atoms. The molecular formula is C26H34FN3O6S. The zero-order valence-corrected chi connectivity index (χ0v) is 22.4. The first-order valence-electron chi connectivity index (χ1n) is 12.3. The van der Waals surface area contributed by atoms with Crippen LogP contribution in [-0.2, 0) is 26.2 Å². The van der Waals surface area contributed by atoms with Crippen molar-refractivity contribution in [1.82, 2.24) is 10.2 Å². The molecule has 0 saturated carbocycles. The van der Waals surface area contributed by atoms with Crippen LogP contribution >= 0.6 is 0 Å². The van der Waals surface area contributed by atoms with Gasteiger partial charge >= 0.3 is 0 Å². The summed E-state index contributed by atoms with van der Waals surface area (Å²) >= 11 is 0. The van der Waals surface area contributed by atoms with Crippen molar-refractivity contribution in [3.05, 3.63) is 53.8 Å². The molecule has 0 aliphatic carbocycles. The Balaban J connectivity index is 1.97. The van der Waals surface area contributed by atoms with Crippen LogP contribution in [0.4, 0.5) is 10.1 Å². The maximum atomic E-state index is 13.7. The maximum absolute atomic E-state index is 13.7. The number of sulfonamides is 1. The molecule has 0 saturated heterocycles. The summed E-state index contributed by atoms with van der Waals surface area (Å²) in [5.74, 6) is -0.704. The summed E-state index contributed by atoms with van der Waals surface area (Å²) in [7, 11) is -3.88. The molecule has 1 aliphatic heterocycles. The second-order valence-corrected chi connectivity index (χ2v) is 11.2. The van der Waals surface area contributed by atoms with Crippen molar-refractivity contribution >= 4 is 27.5 Å². The molecule has 0 unspecified atom stereocenters. The standard InChI is InChI=1S/C26H34FN3O6S/c1-5-22(26(32)28-18(3)4)29(16-19-7-9-20(27)10-8-19)25(31)17-30(37(33,34)6-2)21-11-12-23-24(15-21)36-14-13-35-23/h7-12,15,18,22H,5-6,13-14,16-17H2,1-4H3,(H,28,32)/t22-/m1/s1.